The van der Waals surface area contributed by atoms with Crippen LogP contribution < -0.4 is 25.4 Å². The van der Waals surface area contributed by atoms with Gasteiger partial charge in [0.15, 0.2) is 16.6 Å². The number of ether oxygens (including phenoxy) is 4. The highest BCUT2D eigenvalue weighted by molar-refractivity contribution is 7.80. The fourth-order valence-corrected chi connectivity index (χ4v) is 2.15. The van der Waals surface area contributed by atoms with Crippen LogP contribution in [0.25, 0.3) is 0 Å². The van der Waals surface area contributed by atoms with Gasteiger partial charge in [-0.15, -0.1) is 0 Å². The molecule has 7 nitrogen and oxygen atoms in total. The Hall–Kier alpha value is -2.84. The molecule has 0 saturated carbocycles. The number of nitrogens with two attached hydrogens (primary N) is 1. The number of nitrogens with one attached hydrogen (secondary N) is 1. The van der Waals surface area contributed by atoms with E-state index >= 15 is 0 Å². The number of methoxy groups -OCH3 is 1. The largest absolute Gasteiger partial charge is 0.493 e. The maximum Gasteiger partial charge on any atom is 0.184 e. The second kappa shape index (κ2) is 11.7. The smallest absolute Gasteiger partial charge is 0.184 e. The highest BCUT2D eigenvalue weighted by atomic mass is 32.1. The summed E-state index contributed by atoms with van der Waals surface area (Å²) in [5.41, 5.74) is 8.62. The summed E-state index contributed by atoms with van der Waals surface area (Å²) in [6.45, 7) is 1.82. The first-order chi connectivity index (χ1) is 13.2. The van der Waals surface area contributed by atoms with E-state index < -0.39 is 0 Å². The molecule has 0 heterocycles. The van der Waals surface area contributed by atoms with E-state index in [9.17, 15) is 0 Å². The van der Waals surface area contributed by atoms with Crippen molar-refractivity contribution in [1.29, 1.82) is 0 Å². The van der Waals surface area contributed by atoms with Crippen LogP contribution in [-0.2, 0) is 4.74 Å². The molecular weight excluding hydrogens is 366 g/mol. The number of thiocarbonyl (C=S) groups is 1. The van der Waals surface area contributed by atoms with E-state index in [0.717, 1.165) is 11.3 Å². The summed E-state index contributed by atoms with van der Waals surface area (Å²) in [4.78, 5) is 0. The van der Waals surface area contributed by atoms with Crippen molar-refractivity contribution in [2.24, 2.45) is 10.8 Å². The predicted octanol–water partition coefficient (Wildman–Crippen LogP) is 2.34. The van der Waals surface area contributed by atoms with E-state index in [0.29, 0.717) is 37.9 Å². The van der Waals surface area contributed by atoms with E-state index in [1.165, 1.54) is 0 Å². The van der Waals surface area contributed by atoms with E-state index in [4.69, 9.17) is 24.7 Å². The fraction of sp³-hybridized carbons (Fsp3) is 0.263. The number of rotatable bonds is 11. The molecule has 27 heavy (non-hydrogen) atoms. The third kappa shape index (κ3) is 7.93. The Morgan fingerprint density at radius 2 is 1.78 bits per heavy atom. The van der Waals surface area contributed by atoms with Crippen molar-refractivity contribution >= 4 is 23.5 Å². The summed E-state index contributed by atoms with van der Waals surface area (Å²) in [7, 11) is 1.58. The van der Waals surface area contributed by atoms with Crippen molar-refractivity contribution in [2.75, 3.05) is 33.5 Å². The SMILES string of the molecule is COc1cc(/C=N/NC(N)=S)ccc1OCCOCCOc1ccccc1. The molecule has 2 rings (SSSR count). The van der Waals surface area contributed by atoms with Crippen LogP contribution in [0.4, 0.5) is 0 Å². The summed E-state index contributed by atoms with van der Waals surface area (Å²) in [5.74, 6) is 2.05. The van der Waals surface area contributed by atoms with Gasteiger partial charge in [-0.2, -0.15) is 5.10 Å². The molecule has 0 unspecified atom stereocenters. The molecule has 0 aliphatic rings. The van der Waals surface area contributed by atoms with E-state index in [2.05, 4.69) is 22.7 Å². The van der Waals surface area contributed by atoms with E-state index in [1.807, 2.05) is 36.4 Å². The standard InChI is InChI=1S/C19H23N3O4S/c1-23-18-13-15(14-21-22-19(20)27)7-8-17(18)26-12-10-24-9-11-25-16-5-3-2-4-6-16/h2-8,13-14H,9-12H2,1H3,(H3,20,22,27)/b21-14+. The van der Waals surface area contributed by atoms with E-state index in [1.54, 1.807) is 25.5 Å². The molecule has 0 aliphatic heterocycles. The molecule has 2 aromatic carbocycles. The number of nitrogens with zero attached hydrogens (tertiary/aromatic N) is 1. The van der Waals surface area contributed by atoms with Crippen molar-refractivity contribution in [3.05, 3.63) is 54.1 Å². The summed E-state index contributed by atoms with van der Waals surface area (Å²) in [6.07, 6.45) is 1.58. The first-order valence-electron chi connectivity index (χ1n) is 8.34. The van der Waals surface area contributed by atoms with Gasteiger partial charge in [0.05, 0.1) is 26.5 Å². The average Bonchev–Trinajstić information content (AvgIpc) is 2.68. The normalized spacial score (nSPS) is 10.6. The minimum Gasteiger partial charge on any atom is -0.493 e. The minimum atomic E-state index is 0.104. The Balaban J connectivity index is 1.68. The van der Waals surface area contributed by atoms with Crippen LogP contribution in [0.15, 0.2) is 53.6 Å². The average molecular weight is 389 g/mol. The fourth-order valence-electron chi connectivity index (χ4n) is 2.10. The van der Waals surface area contributed by atoms with Gasteiger partial charge in [-0.1, -0.05) is 18.2 Å². The maximum atomic E-state index is 5.70. The molecule has 0 saturated heterocycles. The zero-order valence-electron chi connectivity index (χ0n) is 15.1. The Morgan fingerprint density at radius 3 is 2.48 bits per heavy atom. The molecule has 144 valence electrons. The van der Waals surface area contributed by atoms with Gasteiger partial charge in [-0.05, 0) is 48.1 Å². The number of benzene rings is 2. The number of para-hydroxylation sites is 1. The number of hydrogen-bond acceptors (Lipinski definition) is 6. The summed E-state index contributed by atoms with van der Waals surface area (Å²) in [5, 5.41) is 4.01. The third-order valence-corrected chi connectivity index (χ3v) is 3.39. The van der Waals surface area contributed by atoms with Gasteiger partial charge in [0.25, 0.3) is 0 Å². The second-order valence-corrected chi connectivity index (χ2v) is 5.71. The Labute approximate surface area is 164 Å². The number of hydrogen-bond donors (Lipinski definition) is 2. The maximum absolute atomic E-state index is 5.70. The summed E-state index contributed by atoms with van der Waals surface area (Å²) in [6, 6.07) is 15.1. The lowest BCUT2D eigenvalue weighted by atomic mass is 10.2. The molecule has 3 N–H and O–H groups in total. The molecular formula is C19H23N3O4S. The Morgan fingerprint density at radius 1 is 1.04 bits per heavy atom. The van der Waals surface area contributed by atoms with Gasteiger partial charge in [0.1, 0.15) is 19.0 Å². The molecule has 0 amide bonds. The van der Waals surface area contributed by atoms with Crippen LogP contribution >= 0.6 is 12.2 Å². The second-order valence-electron chi connectivity index (χ2n) is 5.27. The molecule has 2 aromatic rings. The Kier molecular flexibility index (Phi) is 8.88. The quantitative estimate of drug-likeness (QED) is 0.264. The molecule has 0 fully saturated rings. The highest BCUT2D eigenvalue weighted by Gasteiger charge is 2.05. The highest BCUT2D eigenvalue weighted by Crippen LogP contribution is 2.27. The number of hydrazone groups is 1. The van der Waals surface area contributed by atoms with Crippen LogP contribution in [0.3, 0.4) is 0 Å². The van der Waals surface area contributed by atoms with Gasteiger partial charge < -0.3 is 24.7 Å². The van der Waals surface area contributed by atoms with Crippen molar-refractivity contribution in [2.45, 2.75) is 0 Å². The van der Waals surface area contributed by atoms with Crippen LogP contribution in [0, 0.1) is 0 Å². The zero-order chi connectivity index (χ0) is 19.3. The Bertz CT molecular complexity index is 741. The first-order valence-corrected chi connectivity index (χ1v) is 8.75. The van der Waals surface area contributed by atoms with Gasteiger partial charge in [-0.3, -0.25) is 5.43 Å². The van der Waals surface area contributed by atoms with Crippen LogP contribution in [0.2, 0.25) is 0 Å². The molecule has 0 atom stereocenters. The van der Waals surface area contributed by atoms with Gasteiger partial charge >= 0.3 is 0 Å². The van der Waals surface area contributed by atoms with Crippen molar-refractivity contribution in [3.8, 4) is 17.2 Å². The molecule has 0 aliphatic carbocycles. The zero-order valence-corrected chi connectivity index (χ0v) is 15.9. The van der Waals surface area contributed by atoms with Gasteiger partial charge in [-0.25, -0.2) is 0 Å². The van der Waals surface area contributed by atoms with Crippen molar-refractivity contribution in [3.63, 3.8) is 0 Å². The monoisotopic (exact) mass is 389 g/mol. The lowest BCUT2D eigenvalue weighted by Gasteiger charge is -2.12. The lowest BCUT2D eigenvalue weighted by Crippen LogP contribution is -2.23. The van der Waals surface area contributed by atoms with Crippen molar-refractivity contribution < 1.29 is 18.9 Å². The lowest BCUT2D eigenvalue weighted by molar-refractivity contribution is 0.0757. The van der Waals surface area contributed by atoms with Gasteiger partial charge in [0.2, 0.25) is 0 Å². The molecule has 0 spiro atoms. The molecule has 0 aromatic heterocycles. The van der Waals surface area contributed by atoms with Crippen LogP contribution in [0.1, 0.15) is 5.56 Å². The summed E-state index contributed by atoms with van der Waals surface area (Å²) < 4.78 is 22.1. The minimum absolute atomic E-state index is 0.104. The third-order valence-electron chi connectivity index (χ3n) is 3.30. The first kappa shape index (κ1) is 20.5. The van der Waals surface area contributed by atoms with Crippen LogP contribution in [-0.4, -0.2) is 44.9 Å². The van der Waals surface area contributed by atoms with E-state index in [-0.39, 0.29) is 5.11 Å². The topological polar surface area (TPSA) is 87.3 Å². The van der Waals surface area contributed by atoms with Crippen molar-refractivity contribution in [1.82, 2.24) is 5.43 Å². The molecule has 0 bridgehead atoms. The molecule has 8 heteroatoms. The van der Waals surface area contributed by atoms with Crippen LogP contribution in [0.5, 0.6) is 17.2 Å². The summed E-state index contributed by atoms with van der Waals surface area (Å²) >= 11 is 4.68. The predicted molar refractivity (Wildman–Crippen MR) is 109 cm³/mol. The van der Waals surface area contributed by atoms with Gasteiger partial charge in [0, 0.05) is 0 Å². The molecule has 0 radical (unpaired) electrons.